The van der Waals surface area contributed by atoms with Crippen LogP contribution >= 0.6 is 0 Å². The molecule has 1 aromatic carbocycles. The third kappa shape index (κ3) is 8.86. The molecule has 0 spiro atoms. The fourth-order valence-electron chi connectivity index (χ4n) is 8.42. The maximum atomic E-state index is 13.6. The first kappa shape index (κ1) is 39.2. The Kier molecular flexibility index (Phi) is 19.3. The average Bonchev–Trinajstić information content (AvgIpc) is 3.38. The number of nitrogen functional groups attached to an aromatic ring is 1. The molecule has 3 saturated carbocycles. The molecule has 0 radical (unpaired) electrons. The fraction of sp³-hybridized carbons (Fsp3) is 0.800. The van der Waals surface area contributed by atoms with Gasteiger partial charge in [0.05, 0.1) is 19.3 Å². The second kappa shape index (κ2) is 20.2. The first-order valence-corrected chi connectivity index (χ1v) is 16.8. The molecule has 3 aliphatic rings. The van der Waals surface area contributed by atoms with E-state index in [4.69, 9.17) is 21.4 Å². The van der Waals surface area contributed by atoms with E-state index in [1.807, 2.05) is 53.7 Å². The lowest BCUT2D eigenvalue weighted by Gasteiger charge is -2.54. The highest BCUT2D eigenvalue weighted by atomic mass is 16.5. The highest BCUT2D eigenvalue weighted by Gasteiger charge is 2.57. The summed E-state index contributed by atoms with van der Waals surface area (Å²) in [5.41, 5.74) is 7.44. The number of aliphatic hydroxyl groups excluding tert-OH is 1. The monoisotopic (exact) mass is 578 g/mol. The van der Waals surface area contributed by atoms with Crippen LogP contribution < -0.4 is 21.3 Å². The third-order valence-electron chi connectivity index (χ3n) is 9.92. The topological polar surface area (TPSA) is 102 Å². The molecule has 1 aromatic rings. The molecule has 7 unspecified atom stereocenters. The van der Waals surface area contributed by atoms with Crippen LogP contribution in [0.4, 0.5) is 11.4 Å². The number of carbonyl (C=O) groups excluding carboxylic acids is 1. The highest BCUT2D eigenvalue weighted by Crippen LogP contribution is 2.63. The van der Waals surface area contributed by atoms with Gasteiger partial charge >= 0.3 is 0 Å². The van der Waals surface area contributed by atoms with E-state index >= 15 is 0 Å². The van der Waals surface area contributed by atoms with Crippen molar-refractivity contribution in [1.29, 1.82) is 0 Å². The molecule has 5 N–H and O–H groups in total. The first-order chi connectivity index (χ1) is 19.8. The number of fused-ring (bicyclic) bond motifs is 3. The lowest BCUT2D eigenvalue weighted by atomic mass is 9.50. The Hall–Kier alpha value is -1.79. The predicted molar refractivity (Wildman–Crippen MR) is 178 cm³/mol. The molecule has 0 aliphatic heterocycles. The lowest BCUT2D eigenvalue weighted by Crippen LogP contribution is -2.49. The Bertz CT molecular complexity index is 848. The summed E-state index contributed by atoms with van der Waals surface area (Å²) >= 11 is 0. The third-order valence-corrected chi connectivity index (χ3v) is 9.92. The number of rotatable bonds is 8. The normalized spacial score (nSPS) is 29.2. The van der Waals surface area contributed by atoms with Crippen molar-refractivity contribution in [3.63, 3.8) is 0 Å². The van der Waals surface area contributed by atoms with Gasteiger partial charge in [0, 0.05) is 13.0 Å². The Morgan fingerprint density at radius 2 is 1.63 bits per heavy atom. The average molecular weight is 578 g/mol. The molecule has 6 heteroatoms. The summed E-state index contributed by atoms with van der Waals surface area (Å²) in [6.45, 7) is 19.3. The highest BCUT2D eigenvalue weighted by molar-refractivity contribution is 5.88. The molecule has 3 fully saturated rings. The summed E-state index contributed by atoms with van der Waals surface area (Å²) in [6, 6.07) is 5.48. The van der Waals surface area contributed by atoms with Crippen LogP contribution in [0.2, 0.25) is 0 Å². The van der Waals surface area contributed by atoms with Crippen LogP contribution in [-0.2, 0) is 4.79 Å². The summed E-state index contributed by atoms with van der Waals surface area (Å²) in [7, 11) is 2.61. The molecule has 4 rings (SSSR count). The molecule has 0 saturated heterocycles. The molecular weight excluding hydrogens is 510 g/mol. The molecule has 7 atom stereocenters. The number of aliphatic hydroxyl groups is 1. The minimum atomic E-state index is 0.0963. The standard InChI is InChI=1S/C28H45N3O2.3C2H6.CH4O/c1-5-8-19-18(6-2)11-12-21-20(19)15-16-28(3)22(21)13-14-23(28)25(32)17-31(30)27-24(29)9-7-10-26(27)33-4;4*1-2/h7,9-10,18-23H,5-6,8,11-17,29-30H2,1-4H3;3*1-2H3;2H,1H3. The van der Waals surface area contributed by atoms with E-state index in [0.717, 1.165) is 37.2 Å². The molecular formula is C35H67N3O3. The second-order valence-electron chi connectivity index (χ2n) is 11.3. The number of nitrogens with zero attached hydrogens (tertiary/aromatic N) is 1. The van der Waals surface area contributed by atoms with Crippen molar-refractivity contribution in [2.45, 2.75) is 120 Å². The van der Waals surface area contributed by atoms with Crippen LogP contribution in [-0.4, -0.2) is 31.7 Å². The number of nitrogens with two attached hydrogens (primary N) is 2. The Morgan fingerprint density at radius 1 is 1.00 bits per heavy atom. The zero-order valence-corrected chi connectivity index (χ0v) is 28.6. The Balaban J connectivity index is 0.00000184. The van der Waals surface area contributed by atoms with Crippen LogP contribution in [0.15, 0.2) is 18.2 Å². The summed E-state index contributed by atoms with van der Waals surface area (Å²) < 4.78 is 5.45. The lowest BCUT2D eigenvalue weighted by molar-refractivity contribution is -0.128. The number of ether oxygens (including phenoxy) is 1. The van der Waals surface area contributed by atoms with E-state index in [1.165, 1.54) is 56.4 Å². The number of methoxy groups -OCH3 is 1. The van der Waals surface area contributed by atoms with Crippen molar-refractivity contribution in [2.75, 3.05) is 31.5 Å². The van der Waals surface area contributed by atoms with Gasteiger partial charge in [-0.05, 0) is 85.7 Å². The van der Waals surface area contributed by atoms with Gasteiger partial charge in [-0.1, -0.05) is 87.6 Å². The van der Waals surface area contributed by atoms with Crippen LogP contribution in [0, 0.1) is 40.9 Å². The number of hydrogen-bond acceptors (Lipinski definition) is 6. The van der Waals surface area contributed by atoms with Gasteiger partial charge in [-0.2, -0.15) is 0 Å². The van der Waals surface area contributed by atoms with Gasteiger partial charge in [0.1, 0.15) is 11.4 Å². The van der Waals surface area contributed by atoms with E-state index in [2.05, 4.69) is 20.8 Å². The summed E-state index contributed by atoms with van der Waals surface area (Å²) in [5, 5.41) is 8.50. The van der Waals surface area contributed by atoms with E-state index in [-0.39, 0.29) is 23.7 Å². The molecule has 3 aliphatic carbocycles. The SMILES string of the molecule is CC.CC.CC.CCCC1C(CC)CCC2C1CCC1(C)C(C(=O)CN(N)c3c(N)cccc3OC)CCC21.CO. The van der Waals surface area contributed by atoms with Gasteiger partial charge < -0.3 is 15.6 Å². The van der Waals surface area contributed by atoms with E-state index in [0.29, 0.717) is 23.0 Å². The van der Waals surface area contributed by atoms with Gasteiger partial charge in [0.25, 0.3) is 0 Å². The molecule has 0 bridgehead atoms. The number of hydrazine groups is 1. The van der Waals surface area contributed by atoms with Crippen molar-refractivity contribution in [3.8, 4) is 5.75 Å². The smallest absolute Gasteiger partial charge is 0.157 e. The Labute approximate surface area is 253 Å². The van der Waals surface area contributed by atoms with Crippen molar-refractivity contribution in [3.05, 3.63) is 18.2 Å². The largest absolute Gasteiger partial charge is 0.494 e. The molecule has 41 heavy (non-hydrogen) atoms. The number of carbonyl (C=O) groups is 1. The van der Waals surface area contributed by atoms with E-state index in [9.17, 15) is 4.79 Å². The van der Waals surface area contributed by atoms with Gasteiger partial charge in [-0.3, -0.25) is 9.80 Å². The molecule has 6 nitrogen and oxygen atoms in total. The van der Waals surface area contributed by atoms with Crippen molar-refractivity contribution in [2.24, 2.45) is 46.8 Å². The second-order valence-corrected chi connectivity index (χ2v) is 11.3. The Morgan fingerprint density at radius 3 is 2.20 bits per heavy atom. The van der Waals surface area contributed by atoms with Crippen molar-refractivity contribution >= 4 is 17.2 Å². The fourth-order valence-corrected chi connectivity index (χ4v) is 8.42. The zero-order valence-electron chi connectivity index (χ0n) is 28.6. The number of anilines is 2. The number of ketones is 1. The van der Waals surface area contributed by atoms with Crippen molar-refractivity contribution < 1.29 is 14.6 Å². The summed E-state index contributed by atoms with van der Waals surface area (Å²) in [4.78, 5) is 13.6. The summed E-state index contributed by atoms with van der Waals surface area (Å²) in [5.74, 6) is 11.5. The van der Waals surface area contributed by atoms with Crippen molar-refractivity contribution in [1.82, 2.24) is 0 Å². The zero-order chi connectivity index (χ0) is 31.8. The number of para-hydroxylation sites is 1. The summed E-state index contributed by atoms with van der Waals surface area (Å²) in [6.07, 6.45) is 11.5. The minimum absolute atomic E-state index is 0.0963. The number of benzene rings is 1. The van der Waals surface area contributed by atoms with Crippen LogP contribution in [0.5, 0.6) is 5.75 Å². The van der Waals surface area contributed by atoms with Crippen LogP contribution in [0.3, 0.4) is 0 Å². The van der Waals surface area contributed by atoms with Crippen LogP contribution in [0.1, 0.15) is 120 Å². The first-order valence-electron chi connectivity index (χ1n) is 16.8. The van der Waals surface area contributed by atoms with E-state index in [1.54, 1.807) is 13.2 Å². The molecule has 0 heterocycles. The van der Waals surface area contributed by atoms with Gasteiger partial charge in [0.15, 0.2) is 5.78 Å². The molecule has 240 valence electrons. The predicted octanol–water partition coefficient (Wildman–Crippen LogP) is 8.51. The maximum absolute atomic E-state index is 13.6. The van der Waals surface area contributed by atoms with E-state index < -0.39 is 0 Å². The number of Topliss-reactive ketones (excluding diaryl/α,β-unsaturated/α-hetero) is 1. The maximum Gasteiger partial charge on any atom is 0.157 e. The molecule has 0 aromatic heterocycles. The van der Waals surface area contributed by atoms with Gasteiger partial charge in [-0.25, -0.2) is 5.84 Å². The van der Waals surface area contributed by atoms with Gasteiger partial charge in [-0.15, -0.1) is 0 Å². The quantitative estimate of drug-likeness (QED) is 0.163. The van der Waals surface area contributed by atoms with Gasteiger partial charge in [0.2, 0.25) is 0 Å². The van der Waals surface area contributed by atoms with Crippen LogP contribution in [0.25, 0.3) is 0 Å². The molecule has 0 amide bonds. The minimum Gasteiger partial charge on any atom is -0.494 e. The number of hydrogen-bond donors (Lipinski definition) is 3.